The molecule has 0 bridgehead atoms. The molecule has 0 atom stereocenters. The van der Waals surface area contributed by atoms with Crippen LogP contribution >= 0.6 is 0 Å². The molecule has 0 aliphatic rings. The number of phenols is 1. The van der Waals surface area contributed by atoms with E-state index in [0.717, 1.165) is 21.3 Å². The molecular formula is C21H21N3O5S. The van der Waals surface area contributed by atoms with Gasteiger partial charge < -0.3 is 9.84 Å². The molecule has 3 aromatic rings. The average Bonchev–Trinajstić information content (AvgIpc) is 2.73. The van der Waals surface area contributed by atoms with Gasteiger partial charge >= 0.3 is 0 Å². The quantitative estimate of drug-likeness (QED) is 0.445. The minimum atomic E-state index is -3.71. The highest BCUT2D eigenvalue weighted by Crippen LogP contribution is 2.25. The third-order valence-electron chi connectivity index (χ3n) is 4.38. The van der Waals surface area contributed by atoms with E-state index < -0.39 is 22.5 Å². The molecule has 0 aromatic heterocycles. The molecule has 0 spiro atoms. The fourth-order valence-electron chi connectivity index (χ4n) is 2.90. The number of amides is 1. The Labute approximate surface area is 174 Å². The zero-order chi connectivity index (χ0) is 21.7. The van der Waals surface area contributed by atoms with Crippen LogP contribution in [0.2, 0.25) is 0 Å². The Bertz CT molecular complexity index is 1190. The van der Waals surface area contributed by atoms with E-state index in [9.17, 15) is 18.3 Å². The lowest BCUT2D eigenvalue weighted by Gasteiger charge is -2.21. The molecule has 0 aliphatic carbocycles. The predicted octanol–water partition coefficient (Wildman–Crippen LogP) is 2.47. The van der Waals surface area contributed by atoms with E-state index in [2.05, 4.69) is 10.5 Å². The summed E-state index contributed by atoms with van der Waals surface area (Å²) in [6.45, 7) is -0.454. The molecule has 0 saturated heterocycles. The normalized spacial score (nSPS) is 11.5. The van der Waals surface area contributed by atoms with Crippen LogP contribution in [0.1, 0.15) is 5.56 Å². The highest BCUT2D eigenvalue weighted by Gasteiger charge is 2.20. The summed E-state index contributed by atoms with van der Waals surface area (Å²) in [5, 5.41) is 15.7. The standard InChI is InChI=1S/C21H21N3O5S/c1-29-17-10-8-16(9-11-17)24(30(2,27)28)14-21(26)23-22-13-19-18-6-4-3-5-15(18)7-12-20(19)25/h3-13,25H,14H2,1-2H3,(H,23,26)/b22-13-. The first-order valence-electron chi connectivity index (χ1n) is 8.94. The van der Waals surface area contributed by atoms with E-state index in [4.69, 9.17) is 4.74 Å². The first kappa shape index (κ1) is 21.1. The number of sulfonamides is 1. The molecule has 2 N–H and O–H groups in total. The summed E-state index contributed by atoms with van der Waals surface area (Å²) < 4.78 is 30.3. The van der Waals surface area contributed by atoms with Gasteiger partial charge in [0.25, 0.3) is 5.91 Å². The number of methoxy groups -OCH3 is 1. The number of nitrogens with zero attached hydrogens (tertiary/aromatic N) is 2. The molecule has 0 saturated carbocycles. The molecular weight excluding hydrogens is 406 g/mol. The molecule has 9 heteroatoms. The summed E-state index contributed by atoms with van der Waals surface area (Å²) in [6, 6.07) is 17.0. The van der Waals surface area contributed by atoms with Crippen molar-refractivity contribution in [3.8, 4) is 11.5 Å². The summed E-state index contributed by atoms with van der Waals surface area (Å²) in [7, 11) is -2.20. The predicted molar refractivity (Wildman–Crippen MR) is 117 cm³/mol. The Morgan fingerprint density at radius 1 is 1.13 bits per heavy atom. The molecule has 0 heterocycles. The Kier molecular flexibility index (Phi) is 6.22. The van der Waals surface area contributed by atoms with Crippen molar-refractivity contribution in [2.45, 2.75) is 0 Å². The number of rotatable bonds is 7. The fourth-order valence-corrected chi connectivity index (χ4v) is 3.76. The Morgan fingerprint density at radius 2 is 1.83 bits per heavy atom. The number of hydrogen-bond acceptors (Lipinski definition) is 6. The first-order chi connectivity index (χ1) is 14.3. The van der Waals surface area contributed by atoms with Gasteiger partial charge in [-0.15, -0.1) is 0 Å². The second kappa shape index (κ2) is 8.83. The van der Waals surface area contributed by atoms with Crippen LogP contribution in [0.5, 0.6) is 11.5 Å². The Morgan fingerprint density at radius 3 is 2.50 bits per heavy atom. The van der Waals surface area contributed by atoms with Crippen molar-refractivity contribution in [3.05, 3.63) is 66.2 Å². The van der Waals surface area contributed by atoms with Gasteiger partial charge in [0.1, 0.15) is 18.0 Å². The van der Waals surface area contributed by atoms with Crippen molar-refractivity contribution in [1.82, 2.24) is 5.43 Å². The molecule has 0 aliphatic heterocycles. The molecule has 1 amide bonds. The monoisotopic (exact) mass is 427 g/mol. The maximum Gasteiger partial charge on any atom is 0.260 e. The lowest BCUT2D eigenvalue weighted by Crippen LogP contribution is -2.39. The number of benzene rings is 3. The Hall–Kier alpha value is -3.59. The van der Waals surface area contributed by atoms with Gasteiger partial charge in [0.15, 0.2) is 0 Å². The van der Waals surface area contributed by atoms with E-state index in [-0.39, 0.29) is 5.75 Å². The molecule has 0 radical (unpaired) electrons. The molecule has 3 aromatic carbocycles. The van der Waals surface area contributed by atoms with Crippen LogP contribution in [0, 0.1) is 0 Å². The van der Waals surface area contributed by atoms with Gasteiger partial charge in [-0.2, -0.15) is 5.10 Å². The third kappa shape index (κ3) is 4.87. The second-order valence-corrected chi connectivity index (χ2v) is 8.39. The number of aromatic hydroxyl groups is 1. The molecule has 8 nitrogen and oxygen atoms in total. The van der Waals surface area contributed by atoms with Crippen LogP contribution in [0.15, 0.2) is 65.8 Å². The van der Waals surface area contributed by atoms with Crippen LogP contribution in [0.25, 0.3) is 10.8 Å². The lowest BCUT2D eigenvalue weighted by atomic mass is 10.0. The number of carbonyl (C=O) groups excluding carboxylic acids is 1. The Balaban J connectivity index is 1.76. The number of carbonyl (C=O) groups is 1. The van der Waals surface area contributed by atoms with Gasteiger partial charge in [-0.3, -0.25) is 9.10 Å². The van der Waals surface area contributed by atoms with Crippen LogP contribution in [-0.4, -0.2) is 45.6 Å². The largest absolute Gasteiger partial charge is 0.507 e. The van der Waals surface area contributed by atoms with Gasteiger partial charge in [0, 0.05) is 5.56 Å². The summed E-state index contributed by atoms with van der Waals surface area (Å²) >= 11 is 0. The summed E-state index contributed by atoms with van der Waals surface area (Å²) in [5.74, 6) is -0.0499. The van der Waals surface area contributed by atoms with E-state index in [1.54, 1.807) is 36.4 Å². The number of nitrogens with one attached hydrogen (secondary N) is 1. The highest BCUT2D eigenvalue weighted by atomic mass is 32.2. The van der Waals surface area contributed by atoms with Crippen LogP contribution in [0.3, 0.4) is 0 Å². The number of fused-ring (bicyclic) bond motifs is 1. The van der Waals surface area contributed by atoms with E-state index in [0.29, 0.717) is 17.0 Å². The first-order valence-corrected chi connectivity index (χ1v) is 10.8. The SMILES string of the molecule is COc1ccc(N(CC(=O)N/N=C\c2c(O)ccc3ccccc23)S(C)(=O)=O)cc1. The van der Waals surface area contributed by atoms with Gasteiger partial charge in [0.05, 0.1) is 25.3 Å². The highest BCUT2D eigenvalue weighted by molar-refractivity contribution is 7.92. The number of hydrazone groups is 1. The van der Waals surface area contributed by atoms with Crippen molar-refractivity contribution in [2.75, 3.05) is 24.2 Å². The van der Waals surface area contributed by atoms with Crippen molar-refractivity contribution in [2.24, 2.45) is 5.10 Å². The topological polar surface area (TPSA) is 108 Å². The van der Waals surface area contributed by atoms with Crippen molar-refractivity contribution < 1.29 is 23.1 Å². The van der Waals surface area contributed by atoms with Gasteiger partial charge in [-0.05, 0) is 41.1 Å². The van der Waals surface area contributed by atoms with E-state index in [1.807, 2.05) is 24.3 Å². The van der Waals surface area contributed by atoms with Crippen LogP contribution < -0.4 is 14.5 Å². The minimum Gasteiger partial charge on any atom is -0.507 e. The molecule has 0 fully saturated rings. The zero-order valence-electron chi connectivity index (χ0n) is 16.4. The van der Waals surface area contributed by atoms with Gasteiger partial charge in [0.2, 0.25) is 10.0 Å². The van der Waals surface area contributed by atoms with Crippen molar-refractivity contribution in [1.29, 1.82) is 0 Å². The number of hydrogen-bond donors (Lipinski definition) is 2. The summed E-state index contributed by atoms with van der Waals surface area (Å²) in [4.78, 5) is 12.3. The van der Waals surface area contributed by atoms with Gasteiger partial charge in [-0.1, -0.05) is 30.3 Å². The summed E-state index contributed by atoms with van der Waals surface area (Å²) in [5.41, 5.74) is 3.08. The second-order valence-electron chi connectivity index (χ2n) is 6.48. The molecule has 30 heavy (non-hydrogen) atoms. The molecule has 0 unspecified atom stereocenters. The van der Waals surface area contributed by atoms with Gasteiger partial charge in [-0.25, -0.2) is 13.8 Å². The number of phenolic OH excluding ortho intramolecular Hbond substituents is 1. The fraction of sp³-hybridized carbons (Fsp3) is 0.143. The summed E-state index contributed by atoms with van der Waals surface area (Å²) in [6.07, 6.45) is 2.34. The smallest absolute Gasteiger partial charge is 0.260 e. The van der Waals surface area contributed by atoms with E-state index >= 15 is 0 Å². The van der Waals surface area contributed by atoms with Crippen LogP contribution in [0.4, 0.5) is 5.69 Å². The minimum absolute atomic E-state index is 0.0164. The van der Waals surface area contributed by atoms with Crippen molar-refractivity contribution >= 4 is 38.6 Å². The molecule has 156 valence electrons. The maximum absolute atomic E-state index is 12.3. The maximum atomic E-state index is 12.3. The van der Waals surface area contributed by atoms with Crippen molar-refractivity contribution in [3.63, 3.8) is 0 Å². The lowest BCUT2D eigenvalue weighted by molar-refractivity contribution is -0.119. The number of ether oxygens (including phenoxy) is 1. The molecule has 3 rings (SSSR count). The zero-order valence-corrected chi connectivity index (χ0v) is 17.3. The average molecular weight is 427 g/mol. The van der Waals surface area contributed by atoms with Crippen LogP contribution in [-0.2, 0) is 14.8 Å². The van der Waals surface area contributed by atoms with E-state index in [1.165, 1.54) is 13.3 Å². The number of anilines is 1. The third-order valence-corrected chi connectivity index (χ3v) is 5.52.